The van der Waals surface area contributed by atoms with Gasteiger partial charge < -0.3 is 10.1 Å². The predicted octanol–water partition coefficient (Wildman–Crippen LogP) is 1.47. The molecule has 2 aliphatic heterocycles. The lowest BCUT2D eigenvalue weighted by molar-refractivity contribution is 0.0602. The maximum Gasteiger partial charge on any atom is 0.349 e. The minimum atomic E-state index is -3.65. The van der Waals surface area contributed by atoms with E-state index in [1.165, 1.54) is 17.5 Å². The van der Waals surface area contributed by atoms with Crippen molar-refractivity contribution >= 4 is 39.7 Å². The SMILES string of the molecule is COC(=O)c1sccc1S(=O)(=O)N1CCC2CCC(C1)N2.Cl. The Morgan fingerprint density at radius 2 is 2.09 bits per heavy atom. The van der Waals surface area contributed by atoms with Gasteiger partial charge in [0.05, 0.1) is 7.11 Å². The summed E-state index contributed by atoms with van der Waals surface area (Å²) in [6.45, 7) is 0.961. The number of carbonyl (C=O) groups is 1. The maximum absolute atomic E-state index is 12.8. The summed E-state index contributed by atoms with van der Waals surface area (Å²) in [5, 5.41) is 5.07. The van der Waals surface area contributed by atoms with Crippen molar-refractivity contribution in [2.24, 2.45) is 0 Å². The van der Waals surface area contributed by atoms with Crippen molar-refractivity contribution in [3.8, 4) is 0 Å². The third kappa shape index (κ3) is 3.16. The van der Waals surface area contributed by atoms with E-state index in [1.807, 2.05) is 0 Å². The number of sulfonamides is 1. The van der Waals surface area contributed by atoms with E-state index in [2.05, 4.69) is 10.1 Å². The summed E-state index contributed by atoms with van der Waals surface area (Å²) < 4.78 is 31.8. The first-order chi connectivity index (χ1) is 10.0. The van der Waals surface area contributed by atoms with E-state index in [-0.39, 0.29) is 28.2 Å². The third-order valence-electron chi connectivity index (χ3n) is 4.10. The van der Waals surface area contributed by atoms with E-state index in [0.29, 0.717) is 19.1 Å². The number of nitrogens with one attached hydrogen (secondary N) is 1. The number of methoxy groups -OCH3 is 1. The first kappa shape index (κ1) is 17.7. The number of rotatable bonds is 3. The fourth-order valence-corrected chi connectivity index (χ4v) is 5.82. The minimum absolute atomic E-state index is 0. The van der Waals surface area contributed by atoms with Crippen LogP contribution in [0, 0.1) is 0 Å². The van der Waals surface area contributed by atoms with Crippen molar-refractivity contribution in [3.63, 3.8) is 0 Å². The number of esters is 1. The highest BCUT2D eigenvalue weighted by Crippen LogP contribution is 2.29. The van der Waals surface area contributed by atoms with E-state index in [9.17, 15) is 13.2 Å². The van der Waals surface area contributed by atoms with Crippen LogP contribution in [0.25, 0.3) is 0 Å². The second kappa shape index (κ2) is 6.84. The third-order valence-corrected chi connectivity index (χ3v) is 7.03. The Hall–Kier alpha value is -0.670. The summed E-state index contributed by atoms with van der Waals surface area (Å²) in [7, 11) is -2.39. The number of nitrogens with zero attached hydrogens (tertiary/aromatic N) is 1. The normalized spacial score (nSPS) is 25.3. The average molecular weight is 367 g/mol. The molecule has 2 unspecified atom stereocenters. The molecule has 1 aromatic rings. The monoisotopic (exact) mass is 366 g/mol. The molecule has 6 nitrogen and oxygen atoms in total. The van der Waals surface area contributed by atoms with Crippen LogP contribution in [-0.2, 0) is 14.8 Å². The summed E-state index contributed by atoms with van der Waals surface area (Å²) in [5.74, 6) is -0.599. The molecule has 9 heteroatoms. The van der Waals surface area contributed by atoms with Crippen LogP contribution in [0.3, 0.4) is 0 Å². The Morgan fingerprint density at radius 1 is 1.36 bits per heavy atom. The Kier molecular flexibility index (Phi) is 5.50. The molecular formula is C13H19ClN2O4S2. The van der Waals surface area contributed by atoms with Crippen LogP contribution < -0.4 is 5.32 Å². The second-order valence-corrected chi connectivity index (χ2v) is 8.22. The molecule has 2 bridgehead atoms. The van der Waals surface area contributed by atoms with Gasteiger partial charge in [-0.1, -0.05) is 0 Å². The van der Waals surface area contributed by atoms with Crippen molar-refractivity contribution in [1.29, 1.82) is 0 Å². The second-order valence-electron chi connectivity index (χ2n) is 5.40. The molecule has 22 heavy (non-hydrogen) atoms. The summed E-state index contributed by atoms with van der Waals surface area (Å²) in [6.07, 6.45) is 2.93. The van der Waals surface area contributed by atoms with Crippen LogP contribution >= 0.6 is 23.7 Å². The fourth-order valence-electron chi connectivity index (χ4n) is 3.01. The zero-order valence-corrected chi connectivity index (χ0v) is 14.6. The summed E-state index contributed by atoms with van der Waals surface area (Å²) in [4.78, 5) is 11.9. The first-order valence-corrected chi connectivity index (χ1v) is 9.26. The average Bonchev–Trinajstić information content (AvgIpc) is 3.04. The van der Waals surface area contributed by atoms with Crippen molar-refractivity contribution in [1.82, 2.24) is 9.62 Å². The molecule has 0 saturated carbocycles. The molecule has 1 aromatic heterocycles. The molecule has 1 N–H and O–H groups in total. The number of carbonyl (C=O) groups excluding carboxylic acids is 1. The van der Waals surface area contributed by atoms with Crippen LogP contribution in [0.2, 0.25) is 0 Å². The first-order valence-electron chi connectivity index (χ1n) is 6.94. The number of ether oxygens (including phenoxy) is 1. The van der Waals surface area contributed by atoms with E-state index >= 15 is 0 Å². The Bertz CT molecular complexity index is 646. The molecule has 0 radical (unpaired) electrons. The van der Waals surface area contributed by atoms with Gasteiger partial charge in [-0.15, -0.1) is 23.7 Å². The van der Waals surface area contributed by atoms with E-state index in [0.717, 1.165) is 30.6 Å². The number of thiophene rings is 1. The van der Waals surface area contributed by atoms with Gasteiger partial charge in [-0.2, -0.15) is 4.31 Å². The van der Waals surface area contributed by atoms with Crippen molar-refractivity contribution in [2.75, 3.05) is 20.2 Å². The zero-order chi connectivity index (χ0) is 15.0. The lowest BCUT2D eigenvalue weighted by atomic mass is 10.1. The topological polar surface area (TPSA) is 75.7 Å². The molecular weight excluding hydrogens is 348 g/mol. The van der Waals surface area contributed by atoms with Gasteiger partial charge in [-0.25, -0.2) is 13.2 Å². The summed E-state index contributed by atoms with van der Waals surface area (Å²) in [6, 6.07) is 2.12. The highest BCUT2D eigenvalue weighted by atomic mass is 35.5. The lowest BCUT2D eigenvalue weighted by Gasteiger charge is -2.23. The van der Waals surface area contributed by atoms with E-state index in [1.54, 1.807) is 5.38 Å². The Labute approximate surface area is 140 Å². The number of halogens is 1. The summed E-state index contributed by atoms with van der Waals surface area (Å²) >= 11 is 1.10. The van der Waals surface area contributed by atoms with Gasteiger partial charge in [0.25, 0.3) is 0 Å². The quantitative estimate of drug-likeness (QED) is 0.820. The van der Waals surface area contributed by atoms with Crippen LogP contribution in [0.15, 0.2) is 16.3 Å². The van der Waals surface area contributed by atoms with Crippen LogP contribution in [-0.4, -0.2) is 51.0 Å². The smallest absolute Gasteiger partial charge is 0.349 e. The maximum atomic E-state index is 12.8. The fraction of sp³-hybridized carbons (Fsp3) is 0.615. The largest absolute Gasteiger partial charge is 0.465 e. The van der Waals surface area contributed by atoms with Crippen LogP contribution in [0.5, 0.6) is 0 Å². The lowest BCUT2D eigenvalue weighted by Crippen LogP contribution is -2.39. The van der Waals surface area contributed by atoms with Crippen molar-refractivity contribution < 1.29 is 17.9 Å². The van der Waals surface area contributed by atoms with Crippen molar-refractivity contribution in [2.45, 2.75) is 36.2 Å². The molecule has 124 valence electrons. The molecule has 0 amide bonds. The van der Waals surface area contributed by atoms with E-state index < -0.39 is 16.0 Å². The highest BCUT2D eigenvalue weighted by molar-refractivity contribution is 7.89. The molecule has 3 heterocycles. The molecule has 2 aliphatic rings. The predicted molar refractivity (Wildman–Crippen MR) is 86.2 cm³/mol. The van der Waals surface area contributed by atoms with Gasteiger partial charge in [-0.05, 0) is 30.7 Å². The van der Waals surface area contributed by atoms with E-state index in [4.69, 9.17) is 0 Å². The molecule has 3 rings (SSSR count). The van der Waals surface area contributed by atoms with Gasteiger partial charge in [0, 0.05) is 25.2 Å². The molecule has 0 aliphatic carbocycles. The van der Waals surface area contributed by atoms with Crippen molar-refractivity contribution in [3.05, 3.63) is 16.3 Å². The van der Waals surface area contributed by atoms with Gasteiger partial charge >= 0.3 is 5.97 Å². The van der Waals surface area contributed by atoms with Crippen LogP contribution in [0.1, 0.15) is 28.9 Å². The standard InChI is InChI=1S/C13H18N2O4S2.ClH/c1-19-13(16)12-11(5-7-20-12)21(17,18)15-6-4-9-2-3-10(8-15)14-9;/h5,7,9-10,14H,2-4,6,8H2,1H3;1H. The Morgan fingerprint density at radius 3 is 2.82 bits per heavy atom. The number of fused-ring (bicyclic) bond motifs is 2. The zero-order valence-electron chi connectivity index (χ0n) is 12.1. The summed E-state index contributed by atoms with van der Waals surface area (Å²) in [5.41, 5.74) is 0. The van der Waals surface area contributed by atoms with Gasteiger partial charge in [0.15, 0.2) is 0 Å². The number of hydrogen-bond donors (Lipinski definition) is 1. The van der Waals surface area contributed by atoms with Gasteiger partial charge in [0.2, 0.25) is 10.0 Å². The molecule has 2 fully saturated rings. The Balaban J connectivity index is 0.00000176. The number of hydrogen-bond acceptors (Lipinski definition) is 6. The van der Waals surface area contributed by atoms with Gasteiger partial charge in [-0.3, -0.25) is 0 Å². The van der Waals surface area contributed by atoms with Gasteiger partial charge in [0.1, 0.15) is 9.77 Å². The molecule has 2 saturated heterocycles. The minimum Gasteiger partial charge on any atom is -0.465 e. The highest BCUT2D eigenvalue weighted by Gasteiger charge is 2.37. The molecule has 2 atom stereocenters. The molecule has 0 aromatic carbocycles. The van der Waals surface area contributed by atoms with Crippen LogP contribution in [0.4, 0.5) is 0 Å². The molecule has 0 spiro atoms.